The molecule has 2 heterocycles. The number of hydrogen-bond acceptors (Lipinski definition) is 5. The van der Waals surface area contributed by atoms with Gasteiger partial charge in [0, 0.05) is 12.1 Å². The van der Waals surface area contributed by atoms with Crippen LogP contribution in [0, 0.1) is 0 Å². The molecule has 1 aliphatic rings. The van der Waals surface area contributed by atoms with E-state index >= 15 is 0 Å². The van der Waals surface area contributed by atoms with Gasteiger partial charge in [-0.05, 0) is 31.9 Å². The van der Waals surface area contributed by atoms with E-state index in [2.05, 4.69) is 21.8 Å². The van der Waals surface area contributed by atoms with Crippen LogP contribution >= 0.6 is 0 Å². The number of fused-ring (bicyclic) bond motifs is 1. The van der Waals surface area contributed by atoms with Gasteiger partial charge in [0.05, 0.1) is 31.7 Å². The van der Waals surface area contributed by atoms with E-state index < -0.39 is 0 Å². The van der Waals surface area contributed by atoms with E-state index in [1.165, 1.54) is 19.3 Å². The Morgan fingerprint density at radius 1 is 1.25 bits per heavy atom. The van der Waals surface area contributed by atoms with Gasteiger partial charge in [-0.25, -0.2) is 4.98 Å². The van der Waals surface area contributed by atoms with Crippen LogP contribution in [0.25, 0.3) is 10.9 Å². The maximum atomic E-state index is 12.4. The van der Waals surface area contributed by atoms with Crippen LogP contribution < -0.4 is 15.0 Å². The molecule has 0 aliphatic carbocycles. The van der Waals surface area contributed by atoms with Crippen LogP contribution in [-0.4, -0.2) is 41.7 Å². The maximum absolute atomic E-state index is 12.4. The summed E-state index contributed by atoms with van der Waals surface area (Å²) in [5.41, 5.74) is 0.498. The molecule has 0 unspecified atom stereocenters. The van der Waals surface area contributed by atoms with E-state index in [4.69, 9.17) is 9.47 Å². The largest absolute Gasteiger partial charge is 0.493 e. The molecule has 6 nitrogen and oxygen atoms in total. The predicted octanol–water partition coefficient (Wildman–Crippen LogP) is 2.70. The lowest BCUT2D eigenvalue weighted by atomic mass is 10.00. The molecule has 0 amide bonds. The summed E-state index contributed by atoms with van der Waals surface area (Å²) in [6.45, 7) is 3.96. The van der Waals surface area contributed by atoms with Crippen molar-refractivity contribution >= 4 is 10.9 Å². The topological polar surface area (TPSA) is 67.5 Å². The predicted molar refractivity (Wildman–Crippen MR) is 93.8 cm³/mol. The van der Waals surface area contributed by atoms with Gasteiger partial charge in [0.15, 0.2) is 11.5 Å². The van der Waals surface area contributed by atoms with Crippen LogP contribution in [0.15, 0.2) is 16.9 Å². The molecule has 1 saturated heterocycles. The van der Waals surface area contributed by atoms with E-state index in [1.54, 1.807) is 26.4 Å². The normalized spacial score (nSPS) is 18.7. The van der Waals surface area contributed by atoms with Crippen LogP contribution in [0.2, 0.25) is 0 Å². The van der Waals surface area contributed by atoms with E-state index in [0.29, 0.717) is 40.8 Å². The van der Waals surface area contributed by atoms with Gasteiger partial charge in [-0.3, -0.25) is 9.69 Å². The maximum Gasteiger partial charge on any atom is 0.258 e. The molecular formula is C18H25N3O3. The number of piperidine rings is 1. The molecule has 3 rings (SSSR count). The molecular weight excluding hydrogens is 306 g/mol. The molecule has 1 aromatic heterocycles. The zero-order valence-electron chi connectivity index (χ0n) is 14.6. The molecule has 130 valence electrons. The van der Waals surface area contributed by atoms with E-state index in [-0.39, 0.29) is 5.56 Å². The van der Waals surface area contributed by atoms with Crippen molar-refractivity contribution in [3.8, 4) is 11.5 Å². The third-order valence-corrected chi connectivity index (χ3v) is 4.83. The van der Waals surface area contributed by atoms with Gasteiger partial charge >= 0.3 is 0 Å². The summed E-state index contributed by atoms with van der Waals surface area (Å²) in [5, 5.41) is 0.516. The molecule has 1 N–H and O–H groups in total. The molecule has 1 aromatic carbocycles. The van der Waals surface area contributed by atoms with Gasteiger partial charge in [0.25, 0.3) is 5.56 Å². The molecule has 6 heteroatoms. The summed E-state index contributed by atoms with van der Waals surface area (Å²) in [5.74, 6) is 1.82. The molecule has 1 fully saturated rings. The Balaban J connectivity index is 1.96. The number of likely N-dealkylation sites (tertiary alicyclic amines) is 1. The summed E-state index contributed by atoms with van der Waals surface area (Å²) in [6, 6.07) is 4.02. The Morgan fingerprint density at radius 2 is 2.00 bits per heavy atom. The monoisotopic (exact) mass is 331 g/mol. The minimum absolute atomic E-state index is 0.138. The molecule has 2 aromatic rings. The Kier molecular flexibility index (Phi) is 5.04. The Hall–Kier alpha value is -2.08. The zero-order chi connectivity index (χ0) is 17.1. The SMILES string of the molecule is CC[C@H]1CCCCN1Cc1nc2cc(OC)c(OC)cc2c(=O)[nH]1. The van der Waals surface area contributed by atoms with Crippen molar-refractivity contribution in [2.24, 2.45) is 0 Å². The van der Waals surface area contributed by atoms with Gasteiger partial charge in [0.1, 0.15) is 5.82 Å². The highest BCUT2D eigenvalue weighted by atomic mass is 16.5. The highest BCUT2D eigenvalue weighted by Gasteiger charge is 2.22. The first kappa shape index (κ1) is 16.8. The number of hydrogen-bond donors (Lipinski definition) is 1. The highest BCUT2D eigenvalue weighted by Crippen LogP contribution is 2.30. The summed E-state index contributed by atoms with van der Waals surface area (Å²) < 4.78 is 10.6. The fraction of sp³-hybridized carbons (Fsp3) is 0.556. The van der Waals surface area contributed by atoms with Gasteiger partial charge in [-0.15, -0.1) is 0 Å². The average Bonchev–Trinajstić information content (AvgIpc) is 2.61. The van der Waals surface area contributed by atoms with Crippen molar-refractivity contribution < 1.29 is 9.47 Å². The number of nitrogens with one attached hydrogen (secondary N) is 1. The lowest BCUT2D eigenvalue weighted by molar-refractivity contribution is 0.133. The number of H-pyrrole nitrogens is 1. The third kappa shape index (κ3) is 3.24. The lowest BCUT2D eigenvalue weighted by Crippen LogP contribution is -2.39. The number of rotatable bonds is 5. The second-order valence-electron chi connectivity index (χ2n) is 6.27. The number of aromatic nitrogens is 2. The van der Waals surface area contributed by atoms with E-state index in [9.17, 15) is 4.79 Å². The molecule has 1 atom stereocenters. The van der Waals surface area contributed by atoms with Crippen LogP contribution in [0.3, 0.4) is 0 Å². The first-order chi connectivity index (χ1) is 11.7. The quantitative estimate of drug-likeness (QED) is 0.912. The Morgan fingerprint density at radius 3 is 2.71 bits per heavy atom. The van der Waals surface area contributed by atoms with Gasteiger partial charge in [0.2, 0.25) is 0 Å². The number of ether oxygens (including phenoxy) is 2. The molecule has 24 heavy (non-hydrogen) atoms. The Bertz CT molecular complexity index is 772. The lowest BCUT2D eigenvalue weighted by Gasteiger charge is -2.34. The standard InChI is InChI=1S/C18H25N3O3/c1-4-12-7-5-6-8-21(12)11-17-19-14-10-16(24-3)15(23-2)9-13(14)18(22)20-17/h9-10,12H,4-8,11H2,1-3H3,(H,19,20,22)/t12-/m0/s1. The summed E-state index contributed by atoms with van der Waals surface area (Å²) in [6.07, 6.45) is 4.84. The van der Waals surface area contributed by atoms with Crippen LogP contribution in [0.4, 0.5) is 0 Å². The van der Waals surface area contributed by atoms with Crippen molar-refractivity contribution in [2.75, 3.05) is 20.8 Å². The van der Waals surface area contributed by atoms with E-state index in [1.807, 2.05) is 0 Å². The molecule has 0 radical (unpaired) electrons. The highest BCUT2D eigenvalue weighted by molar-refractivity contribution is 5.81. The first-order valence-electron chi connectivity index (χ1n) is 8.55. The minimum atomic E-state index is -0.138. The molecule has 0 bridgehead atoms. The van der Waals surface area contributed by atoms with E-state index in [0.717, 1.165) is 13.0 Å². The summed E-state index contributed by atoms with van der Waals surface area (Å²) >= 11 is 0. The average molecular weight is 331 g/mol. The fourth-order valence-corrected chi connectivity index (χ4v) is 3.51. The minimum Gasteiger partial charge on any atom is -0.493 e. The molecule has 1 aliphatic heterocycles. The van der Waals surface area contributed by atoms with Gasteiger partial charge in [-0.2, -0.15) is 0 Å². The van der Waals surface area contributed by atoms with Crippen LogP contribution in [0.1, 0.15) is 38.4 Å². The van der Waals surface area contributed by atoms with Crippen LogP contribution in [-0.2, 0) is 6.54 Å². The first-order valence-corrected chi connectivity index (χ1v) is 8.55. The number of benzene rings is 1. The van der Waals surface area contributed by atoms with Crippen LogP contribution in [0.5, 0.6) is 11.5 Å². The van der Waals surface area contributed by atoms with Gasteiger partial charge in [-0.1, -0.05) is 13.3 Å². The smallest absolute Gasteiger partial charge is 0.258 e. The number of aromatic amines is 1. The molecule has 0 saturated carbocycles. The van der Waals surface area contributed by atoms with Crippen molar-refractivity contribution in [3.63, 3.8) is 0 Å². The zero-order valence-corrected chi connectivity index (χ0v) is 14.6. The van der Waals surface area contributed by atoms with Gasteiger partial charge < -0.3 is 14.5 Å². The Labute approximate surface area is 141 Å². The third-order valence-electron chi connectivity index (χ3n) is 4.83. The van der Waals surface area contributed by atoms with Crippen molar-refractivity contribution in [1.82, 2.24) is 14.9 Å². The second-order valence-corrected chi connectivity index (χ2v) is 6.27. The number of nitrogens with zero attached hydrogens (tertiary/aromatic N) is 2. The number of methoxy groups -OCH3 is 2. The molecule has 0 spiro atoms. The van der Waals surface area contributed by atoms with Crippen molar-refractivity contribution in [2.45, 2.75) is 45.2 Å². The summed E-state index contributed by atoms with van der Waals surface area (Å²) in [4.78, 5) is 22.5. The summed E-state index contributed by atoms with van der Waals surface area (Å²) in [7, 11) is 3.14. The van der Waals surface area contributed by atoms with Crippen molar-refractivity contribution in [1.29, 1.82) is 0 Å². The second kappa shape index (κ2) is 7.21. The van der Waals surface area contributed by atoms with Crippen molar-refractivity contribution in [3.05, 3.63) is 28.3 Å². The fourth-order valence-electron chi connectivity index (χ4n) is 3.51.